The van der Waals surface area contributed by atoms with E-state index in [0.29, 0.717) is 5.82 Å². The van der Waals surface area contributed by atoms with Crippen LogP contribution in [0.5, 0.6) is 0 Å². The smallest absolute Gasteiger partial charge is 0.107 e. The Bertz CT molecular complexity index is 989. The summed E-state index contributed by atoms with van der Waals surface area (Å²) in [5.41, 5.74) is 7.53. The molecular weight excluding hydrogens is 361 g/mol. The van der Waals surface area contributed by atoms with Gasteiger partial charge in [0.15, 0.2) is 0 Å². The van der Waals surface area contributed by atoms with Crippen molar-refractivity contribution in [2.75, 3.05) is 0 Å². The molecule has 0 amide bonds. The molecule has 0 aromatic heterocycles. The van der Waals surface area contributed by atoms with Crippen LogP contribution in [0.3, 0.4) is 0 Å². The number of hydrogen-bond acceptors (Lipinski definition) is 1. The maximum atomic E-state index is 3.51. The Labute approximate surface area is 183 Å². The summed E-state index contributed by atoms with van der Waals surface area (Å²) >= 11 is 0. The molecule has 0 radical (unpaired) electrons. The van der Waals surface area contributed by atoms with Gasteiger partial charge in [-0.15, -0.1) is 0 Å². The van der Waals surface area contributed by atoms with Crippen LogP contribution >= 0.6 is 0 Å². The molecule has 0 heterocycles. The molecule has 0 saturated carbocycles. The van der Waals surface area contributed by atoms with Gasteiger partial charge in [-0.25, -0.2) is 0 Å². The van der Waals surface area contributed by atoms with Gasteiger partial charge in [0.2, 0.25) is 0 Å². The van der Waals surface area contributed by atoms with Crippen molar-refractivity contribution < 1.29 is 0 Å². The van der Waals surface area contributed by atoms with Crippen molar-refractivity contribution in [3.8, 4) is 11.1 Å². The van der Waals surface area contributed by atoms with E-state index < -0.39 is 0 Å². The predicted octanol–water partition coefficient (Wildman–Crippen LogP) is 6.48. The van der Waals surface area contributed by atoms with Crippen LogP contribution in [0.1, 0.15) is 38.8 Å². The summed E-state index contributed by atoms with van der Waals surface area (Å²) in [6, 6.07) is 17.7. The highest BCUT2D eigenvalue weighted by molar-refractivity contribution is 6.14. The van der Waals surface area contributed by atoms with Crippen LogP contribution in [0.4, 0.5) is 0 Å². The second-order valence-corrected chi connectivity index (χ2v) is 7.97. The topological polar surface area (TPSA) is 12.0 Å². The molecule has 1 aliphatic rings. The van der Waals surface area contributed by atoms with Gasteiger partial charge < -0.3 is 5.32 Å². The van der Waals surface area contributed by atoms with Crippen LogP contribution in [0.15, 0.2) is 109 Å². The van der Waals surface area contributed by atoms with Crippen LogP contribution in [0.2, 0.25) is 5.82 Å². The minimum Gasteiger partial charge on any atom is -0.356 e. The van der Waals surface area contributed by atoms with Crippen molar-refractivity contribution in [3.63, 3.8) is 0 Å². The third kappa shape index (κ3) is 4.00. The molecule has 0 saturated heterocycles. The molecule has 30 heavy (non-hydrogen) atoms. The van der Waals surface area contributed by atoms with E-state index in [9.17, 15) is 0 Å². The van der Waals surface area contributed by atoms with Crippen LogP contribution in [0, 0.1) is 0 Å². The molecule has 0 spiro atoms. The van der Waals surface area contributed by atoms with E-state index in [0.717, 1.165) is 11.4 Å². The number of hydrogen-bond donors (Lipinski definition) is 1. The van der Waals surface area contributed by atoms with Gasteiger partial charge in [0.1, 0.15) is 7.85 Å². The summed E-state index contributed by atoms with van der Waals surface area (Å²) in [5, 5.41) is 3.51. The van der Waals surface area contributed by atoms with Crippen molar-refractivity contribution in [3.05, 3.63) is 120 Å². The first-order chi connectivity index (χ1) is 14.6. The molecule has 3 rings (SSSR count). The van der Waals surface area contributed by atoms with Crippen LogP contribution in [-0.2, 0) is 5.41 Å². The van der Waals surface area contributed by atoms with Crippen molar-refractivity contribution in [1.29, 1.82) is 0 Å². The predicted molar refractivity (Wildman–Crippen MR) is 134 cm³/mol. The summed E-state index contributed by atoms with van der Waals surface area (Å²) in [6.45, 7) is 8.45. The molecular formula is C28H32BN. The number of nitrogens with one attached hydrogen (secondary N) is 1. The van der Waals surface area contributed by atoms with Crippen molar-refractivity contribution in [2.24, 2.45) is 0 Å². The SMILES string of the molecule is BC(C)C1(/C=C/C=C(\C=C/C)NC(/C=C\C)=C/C)c2ccccc2-c2ccccc21. The highest BCUT2D eigenvalue weighted by Crippen LogP contribution is 2.54. The third-order valence-electron chi connectivity index (χ3n) is 5.87. The number of rotatable bonds is 7. The zero-order valence-corrected chi connectivity index (χ0v) is 18.8. The lowest BCUT2D eigenvalue weighted by atomic mass is 9.61. The van der Waals surface area contributed by atoms with Crippen molar-refractivity contribution in [2.45, 2.75) is 38.9 Å². The van der Waals surface area contributed by atoms with Gasteiger partial charge in [-0.3, -0.25) is 0 Å². The quantitative estimate of drug-likeness (QED) is 0.419. The number of allylic oxidation sites excluding steroid dienone is 8. The lowest BCUT2D eigenvalue weighted by Crippen LogP contribution is -2.27. The van der Waals surface area contributed by atoms with E-state index in [1.165, 1.54) is 22.3 Å². The first-order valence-electron chi connectivity index (χ1n) is 10.9. The zero-order chi connectivity index (χ0) is 21.6. The Morgan fingerprint density at radius 3 is 1.90 bits per heavy atom. The van der Waals surface area contributed by atoms with Crippen molar-refractivity contribution >= 4 is 7.85 Å². The van der Waals surface area contributed by atoms with E-state index in [-0.39, 0.29) is 5.41 Å². The maximum Gasteiger partial charge on any atom is 0.107 e. The first-order valence-corrected chi connectivity index (χ1v) is 10.9. The average Bonchev–Trinajstić information content (AvgIpc) is 3.05. The van der Waals surface area contributed by atoms with Gasteiger partial charge in [-0.05, 0) is 61.3 Å². The molecule has 1 nitrogen and oxygen atoms in total. The van der Waals surface area contributed by atoms with Gasteiger partial charge in [-0.2, -0.15) is 0 Å². The highest BCUT2D eigenvalue weighted by Gasteiger charge is 2.42. The van der Waals surface area contributed by atoms with Crippen LogP contribution < -0.4 is 5.32 Å². The fourth-order valence-corrected chi connectivity index (χ4v) is 4.47. The molecule has 2 aromatic rings. The average molecular weight is 393 g/mol. The van der Waals surface area contributed by atoms with Gasteiger partial charge in [0, 0.05) is 16.8 Å². The van der Waals surface area contributed by atoms with Gasteiger partial charge >= 0.3 is 0 Å². The summed E-state index contributed by atoms with van der Waals surface area (Å²) in [6.07, 6.45) is 17.2. The molecule has 0 fully saturated rings. The molecule has 152 valence electrons. The van der Waals surface area contributed by atoms with E-state index in [4.69, 9.17) is 0 Å². The lowest BCUT2D eigenvalue weighted by Gasteiger charge is -2.33. The summed E-state index contributed by atoms with van der Waals surface area (Å²) in [4.78, 5) is 0. The molecule has 2 heteroatoms. The Morgan fingerprint density at radius 1 is 0.867 bits per heavy atom. The summed E-state index contributed by atoms with van der Waals surface area (Å²) < 4.78 is 0. The Kier molecular flexibility index (Phi) is 7.00. The molecule has 2 aromatic carbocycles. The zero-order valence-electron chi connectivity index (χ0n) is 18.8. The summed E-state index contributed by atoms with van der Waals surface area (Å²) in [5.74, 6) is 0.430. The number of benzene rings is 2. The maximum absolute atomic E-state index is 3.51. The van der Waals surface area contributed by atoms with Gasteiger partial charge in [-0.1, -0.05) is 91.7 Å². The Balaban J connectivity index is 2.07. The summed E-state index contributed by atoms with van der Waals surface area (Å²) in [7, 11) is 2.32. The second kappa shape index (κ2) is 9.67. The normalized spacial score (nSPS) is 16.9. The van der Waals surface area contributed by atoms with Crippen LogP contribution in [-0.4, -0.2) is 7.85 Å². The standard InChI is InChI=1S/C28H32BN/c1-5-13-22(7-3)30-23(14-6-2)15-12-20-28(21(4)29)26-18-10-8-16-24(26)25-17-9-11-19-27(25)28/h5-21,30H,29H2,1-4H3/b13-5-,14-6-,20-12+,22-7+,23-15+. The minimum atomic E-state index is -0.128. The van der Waals surface area contributed by atoms with E-state index in [1.54, 1.807) is 0 Å². The van der Waals surface area contributed by atoms with Crippen LogP contribution in [0.25, 0.3) is 11.1 Å². The molecule has 1 N–H and O–H groups in total. The van der Waals surface area contributed by atoms with Gasteiger partial charge in [0.25, 0.3) is 0 Å². The molecule has 1 unspecified atom stereocenters. The monoisotopic (exact) mass is 393 g/mol. The third-order valence-corrected chi connectivity index (χ3v) is 5.87. The minimum absolute atomic E-state index is 0.128. The fourth-order valence-electron chi connectivity index (χ4n) is 4.47. The molecule has 0 aliphatic heterocycles. The molecule has 1 atom stereocenters. The lowest BCUT2D eigenvalue weighted by molar-refractivity contribution is 0.632. The Morgan fingerprint density at radius 2 is 1.40 bits per heavy atom. The number of fused-ring (bicyclic) bond motifs is 3. The van der Waals surface area contributed by atoms with E-state index in [2.05, 4.69) is 111 Å². The molecule has 1 aliphatic carbocycles. The second-order valence-electron chi connectivity index (χ2n) is 7.97. The van der Waals surface area contributed by atoms with Gasteiger partial charge in [0.05, 0.1) is 0 Å². The molecule has 0 bridgehead atoms. The Hall–Kier alpha value is -3.00. The fraction of sp³-hybridized carbons (Fsp3) is 0.214. The van der Waals surface area contributed by atoms with Crippen molar-refractivity contribution in [1.82, 2.24) is 5.32 Å². The highest BCUT2D eigenvalue weighted by atomic mass is 14.9. The first kappa shape index (κ1) is 21.7. The van der Waals surface area contributed by atoms with E-state index >= 15 is 0 Å². The van der Waals surface area contributed by atoms with E-state index in [1.807, 2.05) is 26.8 Å². The largest absolute Gasteiger partial charge is 0.356 e.